The Hall–Kier alpha value is -1.69. The highest BCUT2D eigenvalue weighted by Gasteiger charge is 2.30. The van der Waals surface area contributed by atoms with Crippen molar-refractivity contribution in [1.82, 2.24) is 20.2 Å². The minimum atomic E-state index is 0.369. The highest BCUT2D eigenvalue weighted by Crippen LogP contribution is 2.30. The van der Waals surface area contributed by atoms with Crippen LogP contribution in [0.15, 0.2) is 30.3 Å². The Kier molecular flexibility index (Phi) is 5.11. The minimum Gasteiger partial charge on any atom is -0.351 e. The molecule has 26 heavy (non-hydrogen) atoms. The van der Waals surface area contributed by atoms with Gasteiger partial charge in [0.2, 0.25) is 5.28 Å². The van der Waals surface area contributed by atoms with Crippen LogP contribution in [-0.4, -0.2) is 46.6 Å². The van der Waals surface area contributed by atoms with Gasteiger partial charge < -0.3 is 10.2 Å². The first-order chi connectivity index (χ1) is 12.6. The second-order valence-electron chi connectivity index (χ2n) is 7.50. The maximum atomic E-state index is 6.27. The van der Waals surface area contributed by atoms with E-state index in [2.05, 4.69) is 69.3 Å². The Balaban J connectivity index is 1.62. The summed E-state index contributed by atoms with van der Waals surface area (Å²) in [4.78, 5) is 14.1. The second-order valence-corrected chi connectivity index (χ2v) is 7.84. The normalized spacial score (nSPS) is 23.7. The standard InChI is InChI=1S/C20H26ClN5/c1-14-11-26(15(2)10-22-14)19-17-13-25(12-16-6-4-3-5-7-16)9-8-18(17)23-20(21)24-19/h3-7,14-15,22H,8-13H2,1-2H3/t14-,15+/m0/s1. The van der Waals surface area contributed by atoms with E-state index in [0.717, 1.165) is 50.7 Å². The van der Waals surface area contributed by atoms with Crippen molar-refractivity contribution >= 4 is 17.4 Å². The highest BCUT2D eigenvalue weighted by molar-refractivity contribution is 6.28. The van der Waals surface area contributed by atoms with Crippen LogP contribution >= 0.6 is 11.6 Å². The van der Waals surface area contributed by atoms with Crippen molar-refractivity contribution in [2.45, 2.75) is 45.4 Å². The smallest absolute Gasteiger partial charge is 0.224 e. The number of aromatic nitrogens is 2. The van der Waals surface area contributed by atoms with Gasteiger partial charge in [-0.15, -0.1) is 0 Å². The Labute approximate surface area is 160 Å². The average Bonchev–Trinajstić information content (AvgIpc) is 2.64. The number of anilines is 1. The van der Waals surface area contributed by atoms with E-state index in [1.54, 1.807) is 0 Å². The molecule has 1 aromatic heterocycles. The van der Waals surface area contributed by atoms with Gasteiger partial charge in [0.15, 0.2) is 0 Å². The molecule has 0 aliphatic carbocycles. The summed E-state index contributed by atoms with van der Waals surface area (Å²) in [5.41, 5.74) is 3.71. The summed E-state index contributed by atoms with van der Waals surface area (Å²) in [5.74, 6) is 1.03. The van der Waals surface area contributed by atoms with Crippen LogP contribution in [0.5, 0.6) is 0 Å². The molecule has 0 radical (unpaired) electrons. The van der Waals surface area contributed by atoms with Crippen molar-refractivity contribution in [3.05, 3.63) is 52.4 Å². The highest BCUT2D eigenvalue weighted by atomic mass is 35.5. The van der Waals surface area contributed by atoms with E-state index in [-0.39, 0.29) is 0 Å². The first-order valence-electron chi connectivity index (χ1n) is 9.41. The number of rotatable bonds is 3. The lowest BCUT2D eigenvalue weighted by Crippen LogP contribution is -2.55. The van der Waals surface area contributed by atoms with E-state index < -0.39 is 0 Å². The molecule has 0 amide bonds. The van der Waals surface area contributed by atoms with Crippen molar-refractivity contribution in [1.29, 1.82) is 0 Å². The Morgan fingerprint density at radius 3 is 2.81 bits per heavy atom. The molecule has 2 aromatic rings. The quantitative estimate of drug-likeness (QED) is 0.840. The lowest BCUT2D eigenvalue weighted by atomic mass is 10.0. The SMILES string of the molecule is C[C@@H]1CN[C@@H](C)CN1c1nc(Cl)nc2c1CN(Cc1ccccc1)CC2. The Bertz CT molecular complexity index is 766. The zero-order valence-electron chi connectivity index (χ0n) is 15.5. The first-order valence-corrected chi connectivity index (χ1v) is 9.79. The summed E-state index contributed by atoms with van der Waals surface area (Å²) in [5, 5.41) is 3.91. The van der Waals surface area contributed by atoms with Crippen molar-refractivity contribution in [2.75, 3.05) is 24.5 Å². The van der Waals surface area contributed by atoms with Gasteiger partial charge in [0, 0.05) is 56.8 Å². The number of piperazine rings is 1. The van der Waals surface area contributed by atoms with Crippen LogP contribution in [0.3, 0.4) is 0 Å². The number of nitrogens with zero attached hydrogens (tertiary/aromatic N) is 4. The summed E-state index contributed by atoms with van der Waals surface area (Å²) in [6, 6.07) is 11.5. The number of halogens is 1. The Morgan fingerprint density at radius 1 is 1.19 bits per heavy atom. The topological polar surface area (TPSA) is 44.3 Å². The van der Waals surface area contributed by atoms with Gasteiger partial charge in [0.25, 0.3) is 0 Å². The number of hydrogen-bond donors (Lipinski definition) is 1. The van der Waals surface area contributed by atoms with E-state index in [9.17, 15) is 0 Å². The van der Waals surface area contributed by atoms with Crippen LogP contribution in [0.25, 0.3) is 0 Å². The van der Waals surface area contributed by atoms with E-state index in [4.69, 9.17) is 11.6 Å². The molecule has 1 N–H and O–H groups in total. The van der Waals surface area contributed by atoms with E-state index in [1.807, 2.05) is 0 Å². The molecule has 138 valence electrons. The molecule has 1 saturated heterocycles. The van der Waals surface area contributed by atoms with Gasteiger partial charge in [-0.2, -0.15) is 0 Å². The maximum Gasteiger partial charge on any atom is 0.224 e. The number of nitrogens with one attached hydrogen (secondary N) is 1. The molecule has 0 bridgehead atoms. The van der Waals surface area contributed by atoms with Crippen molar-refractivity contribution in [3.8, 4) is 0 Å². The van der Waals surface area contributed by atoms with E-state index in [1.165, 1.54) is 11.1 Å². The molecule has 1 aromatic carbocycles. The first kappa shape index (κ1) is 17.7. The predicted octanol–water partition coefficient (Wildman–Crippen LogP) is 2.87. The lowest BCUT2D eigenvalue weighted by molar-refractivity contribution is 0.242. The molecule has 0 unspecified atom stereocenters. The third kappa shape index (κ3) is 3.70. The third-order valence-corrected chi connectivity index (χ3v) is 5.54. The fourth-order valence-electron chi connectivity index (χ4n) is 3.95. The van der Waals surface area contributed by atoms with Crippen molar-refractivity contribution in [2.24, 2.45) is 0 Å². The summed E-state index contributed by atoms with van der Waals surface area (Å²) >= 11 is 6.27. The summed E-state index contributed by atoms with van der Waals surface area (Å²) in [6.07, 6.45) is 0.924. The number of benzene rings is 1. The van der Waals surface area contributed by atoms with Crippen LogP contribution in [0, 0.1) is 0 Å². The van der Waals surface area contributed by atoms with Gasteiger partial charge in [-0.25, -0.2) is 9.97 Å². The summed E-state index contributed by atoms with van der Waals surface area (Å²) in [7, 11) is 0. The minimum absolute atomic E-state index is 0.369. The molecule has 0 spiro atoms. The number of fused-ring (bicyclic) bond motifs is 1. The molecule has 3 heterocycles. The summed E-state index contributed by atoms with van der Waals surface area (Å²) in [6.45, 7) is 9.20. The van der Waals surface area contributed by atoms with Gasteiger partial charge in [-0.1, -0.05) is 30.3 Å². The maximum absolute atomic E-state index is 6.27. The molecule has 6 heteroatoms. The van der Waals surface area contributed by atoms with Crippen LogP contribution in [0.4, 0.5) is 5.82 Å². The van der Waals surface area contributed by atoms with E-state index in [0.29, 0.717) is 17.4 Å². The molecule has 5 nitrogen and oxygen atoms in total. The molecular weight excluding hydrogens is 346 g/mol. The van der Waals surface area contributed by atoms with Crippen LogP contribution < -0.4 is 10.2 Å². The molecule has 2 aliphatic rings. The molecule has 4 rings (SSSR count). The molecule has 0 saturated carbocycles. The van der Waals surface area contributed by atoms with Gasteiger partial charge >= 0.3 is 0 Å². The van der Waals surface area contributed by atoms with Gasteiger partial charge in [0.1, 0.15) is 5.82 Å². The fraction of sp³-hybridized carbons (Fsp3) is 0.500. The summed E-state index contributed by atoms with van der Waals surface area (Å²) < 4.78 is 0. The molecule has 1 fully saturated rings. The van der Waals surface area contributed by atoms with Gasteiger partial charge in [-0.3, -0.25) is 4.90 Å². The second kappa shape index (κ2) is 7.51. The third-order valence-electron chi connectivity index (χ3n) is 5.38. The zero-order valence-corrected chi connectivity index (χ0v) is 16.2. The predicted molar refractivity (Wildman–Crippen MR) is 106 cm³/mol. The van der Waals surface area contributed by atoms with E-state index >= 15 is 0 Å². The fourth-order valence-corrected chi connectivity index (χ4v) is 4.14. The van der Waals surface area contributed by atoms with Crippen LogP contribution in [-0.2, 0) is 19.5 Å². The largest absolute Gasteiger partial charge is 0.351 e. The van der Waals surface area contributed by atoms with Crippen LogP contribution in [0.2, 0.25) is 5.28 Å². The monoisotopic (exact) mass is 371 g/mol. The van der Waals surface area contributed by atoms with Crippen molar-refractivity contribution < 1.29 is 0 Å². The number of hydrogen-bond acceptors (Lipinski definition) is 5. The molecular formula is C20H26ClN5. The van der Waals surface area contributed by atoms with Gasteiger partial charge in [-0.05, 0) is 31.0 Å². The molecule has 2 aliphatic heterocycles. The van der Waals surface area contributed by atoms with Crippen molar-refractivity contribution in [3.63, 3.8) is 0 Å². The zero-order chi connectivity index (χ0) is 18.1. The Morgan fingerprint density at radius 2 is 2.00 bits per heavy atom. The molecule has 2 atom stereocenters. The average molecular weight is 372 g/mol. The lowest BCUT2D eigenvalue weighted by Gasteiger charge is -2.40. The van der Waals surface area contributed by atoms with Crippen LogP contribution in [0.1, 0.15) is 30.7 Å². The van der Waals surface area contributed by atoms with Gasteiger partial charge in [0.05, 0.1) is 5.69 Å².